The number of methoxy groups -OCH3 is 1. The molecule has 1 aromatic carbocycles. The van der Waals surface area contributed by atoms with Gasteiger partial charge in [-0.2, -0.15) is 9.78 Å². The largest absolute Gasteiger partial charge is 0.505 e. The normalized spacial score (nSPS) is 16.7. The van der Waals surface area contributed by atoms with Gasteiger partial charge in [-0.25, -0.2) is 0 Å². The molecule has 31 heavy (non-hydrogen) atoms. The first-order chi connectivity index (χ1) is 15.1. The summed E-state index contributed by atoms with van der Waals surface area (Å²) in [7, 11) is 1.50. The van der Waals surface area contributed by atoms with Gasteiger partial charge in [0.2, 0.25) is 0 Å². The Bertz CT molecular complexity index is 913. The molecule has 7 nitrogen and oxygen atoms in total. The van der Waals surface area contributed by atoms with Crippen LogP contribution in [-0.2, 0) is 0 Å². The number of carbonyl (C=O) groups is 1. The first-order valence-corrected chi connectivity index (χ1v) is 11.4. The SMILES string of the molecule is COc1ccccc1-n1nc(C(=O)NC2CCCCCCCCCCC2)c(O)cc1=O. The molecule has 0 radical (unpaired) electrons. The van der Waals surface area contributed by atoms with E-state index >= 15 is 0 Å². The molecule has 1 aliphatic rings. The van der Waals surface area contributed by atoms with Gasteiger partial charge in [0.05, 0.1) is 7.11 Å². The number of nitrogens with one attached hydrogen (secondary N) is 1. The standard InChI is InChI=1S/C24H33N3O4/c1-31-21-16-12-11-15-19(21)27-22(29)17-20(28)23(26-27)24(30)25-18-13-9-7-5-3-2-4-6-8-10-14-18/h11-12,15-18,28H,2-10,13-14H2,1H3,(H,25,30). The van der Waals surface area contributed by atoms with Crippen LogP contribution in [0.3, 0.4) is 0 Å². The van der Waals surface area contributed by atoms with Crippen molar-refractivity contribution >= 4 is 5.91 Å². The van der Waals surface area contributed by atoms with Gasteiger partial charge < -0.3 is 15.2 Å². The lowest BCUT2D eigenvalue weighted by Crippen LogP contribution is -2.36. The van der Waals surface area contributed by atoms with Crippen molar-refractivity contribution in [1.29, 1.82) is 0 Å². The van der Waals surface area contributed by atoms with Gasteiger partial charge >= 0.3 is 0 Å². The van der Waals surface area contributed by atoms with E-state index in [1.165, 1.54) is 52.1 Å². The highest BCUT2D eigenvalue weighted by Gasteiger charge is 2.21. The molecule has 0 atom stereocenters. The van der Waals surface area contributed by atoms with Crippen molar-refractivity contribution in [3.8, 4) is 17.2 Å². The second-order valence-corrected chi connectivity index (χ2v) is 8.23. The fourth-order valence-corrected chi connectivity index (χ4v) is 4.15. The molecule has 0 aliphatic heterocycles. The molecule has 3 rings (SSSR count). The highest BCUT2D eigenvalue weighted by Crippen LogP contribution is 2.22. The van der Waals surface area contributed by atoms with Crippen molar-refractivity contribution in [3.63, 3.8) is 0 Å². The summed E-state index contributed by atoms with van der Waals surface area (Å²) in [5.41, 5.74) is -0.281. The van der Waals surface area contributed by atoms with E-state index in [-0.39, 0.29) is 11.7 Å². The van der Waals surface area contributed by atoms with Gasteiger partial charge in [0.1, 0.15) is 11.4 Å². The molecule has 7 heteroatoms. The van der Waals surface area contributed by atoms with Crippen molar-refractivity contribution in [1.82, 2.24) is 15.1 Å². The minimum absolute atomic E-state index is 0.0414. The van der Waals surface area contributed by atoms with Gasteiger partial charge in [-0.05, 0) is 25.0 Å². The van der Waals surface area contributed by atoms with Crippen LogP contribution in [0.25, 0.3) is 5.69 Å². The third kappa shape index (κ3) is 6.32. The monoisotopic (exact) mass is 427 g/mol. The molecule has 0 unspecified atom stereocenters. The van der Waals surface area contributed by atoms with Crippen LogP contribution >= 0.6 is 0 Å². The fourth-order valence-electron chi connectivity index (χ4n) is 4.15. The number of carbonyl (C=O) groups excluding carboxylic acids is 1. The Balaban J connectivity index is 1.79. The number of hydrogen-bond acceptors (Lipinski definition) is 5. The maximum atomic E-state index is 13.0. The first-order valence-electron chi connectivity index (χ1n) is 11.4. The van der Waals surface area contributed by atoms with Gasteiger partial charge in [0.15, 0.2) is 11.4 Å². The number of rotatable bonds is 4. The van der Waals surface area contributed by atoms with Crippen LogP contribution in [-0.4, -0.2) is 33.9 Å². The summed E-state index contributed by atoms with van der Waals surface area (Å²) in [6, 6.07) is 7.99. The van der Waals surface area contributed by atoms with E-state index in [4.69, 9.17) is 4.74 Å². The summed E-state index contributed by atoms with van der Waals surface area (Å²) in [4.78, 5) is 25.4. The van der Waals surface area contributed by atoms with Crippen LogP contribution in [0.4, 0.5) is 0 Å². The average Bonchev–Trinajstić information content (AvgIpc) is 2.75. The molecule has 1 amide bonds. The quantitative estimate of drug-likeness (QED) is 0.757. The van der Waals surface area contributed by atoms with E-state index in [2.05, 4.69) is 10.4 Å². The molecular formula is C24H33N3O4. The van der Waals surface area contributed by atoms with E-state index in [0.29, 0.717) is 11.4 Å². The van der Waals surface area contributed by atoms with Crippen molar-refractivity contribution in [2.45, 2.75) is 76.7 Å². The Morgan fingerprint density at radius 3 is 2.23 bits per heavy atom. The Hall–Kier alpha value is -2.83. The lowest BCUT2D eigenvalue weighted by Gasteiger charge is -2.20. The summed E-state index contributed by atoms with van der Waals surface area (Å²) in [5.74, 6) is -0.423. The van der Waals surface area contributed by atoms with Crippen LogP contribution in [0.1, 0.15) is 81.1 Å². The Morgan fingerprint density at radius 1 is 1.03 bits per heavy atom. The summed E-state index contributed by atoms with van der Waals surface area (Å²) in [6.07, 6.45) is 12.7. The molecule has 0 saturated heterocycles. The molecule has 168 valence electrons. The Labute approximate surface area is 183 Å². The number of nitrogens with zero attached hydrogens (tertiary/aromatic N) is 2. The zero-order valence-electron chi connectivity index (χ0n) is 18.3. The van der Waals surface area contributed by atoms with Gasteiger partial charge in [-0.3, -0.25) is 9.59 Å². The van der Waals surface area contributed by atoms with Crippen LogP contribution in [0.2, 0.25) is 0 Å². The maximum Gasteiger partial charge on any atom is 0.275 e. The van der Waals surface area contributed by atoms with E-state index in [9.17, 15) is 14.7 Å². The third-order valence-corrected chi connectivity index (χ3v) is 5.88. The zero-order chi connectivity index (χ0) is 22.1. The minimum Gasteiger partial charge on any atom is -0.505 e. The lowest BCUT2D eigenvalue weighted by molar-refractivity contribution is 0.0921. The average molecular weight is 428 g/mol. The third-order valence-electron chi connectivity index (χ3n) is 5.88. The van der Waals surface area contributed by atoms with E-state index in [1.807, 2.05) is 0 Å². The summed E-state index contributed by atoms with van der Waals surface area (Å²) >= 11 is 0. The smallest absolute Gasteiger partial charge is 0.275 e. The molecule has 0 bridgehead atoms. The predicted molar refractivity (Wildman–Crippen MR) is 120 cm³/mol. The maximum absolute atomic E-state index is 13.0. The van der Waals surface area contributed by atoms with E-state index in [0.717, 1.165) is 36.4 Å². The first kappa shape index (κ1) is 22.8. The van der Waals surface area contributed by atoms with Crippen molar-refractivity contribution in [3.05, 3.63) is 46.4 Å². The molecule has 2 aromatic rings. The lowest BCUT2D eigenvalue weighted by atomic mass is 9.98. The van der Waals surface area contributed by atoms with Crippen LogP contribution in [0, 0.1) is 0 Å². The molecule has 1 saturated carbocycles. The highest BCUT2D eigenvalue weighted by molar-refractivity contribution is 5.94. The van der Waals surface area contributed by atoms with E-state index < -0.39 is 17.2 Å². The Morgan fingerprint density at radius 2 is 1.61 bits per heavy atom. The summed E-state index contributed by atoms with van der Waals surface area (Å²) in [5, 5.41) is 17.5. The van der Waals surface area contributed by atoms with Gasteiger partial charge in [-0.1, -0.05) is 69.9 Å². The Kier molecular flexibility index (Phi) is 8.50. The van der Waals surface area contributed by atoms with Crippen LogP contribution in [0.15, 0.2) is 35.1 Å². The topological polar surface area (TPSA) is 93.5 Å². The number of aromatic hydroxyl groups is 1. The highest BCUT2D eigenvalue weighted by atomic mass is 16.5. The van der Waals surface area contributed by atoms with E-state index in [1.54, 1.807) is 24.3 Å². The predicted octanol–water partition coefficient (Wildman–Crippen LogP) is 4.35. The number of aromatic nitrogens is 2. The zero-order valence-corrected chi connectivity index (χ0v) is 18.3. The number of benzene rings is 1. The van der Waals surface area contributed by atoms with Crippen LogP contribution < -0.4 is 15.6 Å². The van der Waals surface area contributed by atoms with Gasteiger partial charge in [0.25, 0.3) is 11.5 Å². The van der Waals surface area contributed by atoms with Gasteiger partial charge in [-0.15, -0.1) is 0 Å². The summed E-state index contributed by atoms with van der Waals surface area (Å²) < 4.78 is 6.40. The second-order valence-electron chi connectivity index (χ2n) is 8.23. The van der Waals surface area contributed by atoms with Crippen molar-refractivity contribution in [2.75, 3.05) is 7.11 Å². The summed E-state index contributed by atoms with van der Waals surface area (Å²) in [6.45, 7) is 0. The number of ether oxygens (including phenoxy) is 1. The molecule has 1 aromatic heterocycles. The van der Waals surface area contributed by atoms with Gasteiger partial charge in [0, 0.05) is 12.1 Å². The molecule has 0 spiro atoms. The fraction of sp³-hybridized carbons (Fsp3) is 0.542. The molecular weight excluding hydrogens is 394 g/mol. The van der Waals surface area contributed by atoms with Crippen LogP contribution in [0.5, 0.6) is 11.5 Å². The van der Waals surface area contributed by atoms with Crippen molar-refractivity contribution in [2.24, 2.45) is 0 Å². The van der Waals surface area contributed by atoms with Crippen molar-refractivity contribution < 1.29 is 14.6 Å². The molecule has 1 heterocycles. The second kappa shape index (κ2) is 11.5. The minimum atomic E-state index is -0.537. The molecule has 1 fully saturated rings. The molecule has 1 aliphatic carbocycles. The molecule has 2 N–H and O–H groups in total. The number of para-hydroxylation sites is 2. The number of hydrogen-bond donors (Lipinski definition) is 2. The number of amides is 1.